The van der Waals surface area contributed by atoms with Crippen LogP contribution in [0.4, 0.5) is 14.5 Å². The maximum Gasteiger partial charge on any atom is 0.250 e. The van der Waals surface area contributed by atoms with Gasteiger partial charge in [0.25, 0.3) is 0 Å². The highest BCUT2D eigenvalue weighted by Gasteiger charge is 2.25. The largest absolute Gasteiger partial charge is 0.371 e. The lowest BCUT2D eigenvalue weighted by Gasteiger charge is -2.19. The number of nitrogens with zero attached hydrogens (tertiary/aromatic N) is 1. The summed E-state index contributed by atoms with van der Waals surface area (Å²) in [5.41, 5.74) is 0.618. The summed E-state index contributed by atoms with van der Waals surface area (Å²) in [5.74, 6) is -1.60. The van der Waals surface area contributed by atoms with Crippen molar-refractivity contribution in [2.75, 3.05) is 24.5 Å². The monoisotopic (exact) mass is 358 g/mol. The fraction of sp³-hybridized carbons (Fsp3) is 0.333. The van der Waals surface area contributed by atoms with E-state index in [1.165, 1.54) is 23.5 Å². The van der Waals surface area contributed by atoms with E-state index >= 15 is 0 Å². The summed E-state index contributed by atoms with van der Waals surface area (Å²) in [6.07, 6.45) is 0.798. The molecule has 0 aliphatic carbocycles. The van der Waals surface area contributed by atoms with Crippen LogP contribution in [0.3, 0.4) is 0 Å². The first-order valence-corrected chi connectivity index (χ1v) is 9.55. The lowest BCUT2D eigenvalue weighted by atomic mass is 10.1. The van der Waals surface area contributed by atoms with E-state index in [1.807, 2.05) is 4.90 Å². The molecule has 4 nitrogen and oxygen atoms in total. The molecule has 1 aliphatic heterocycles. The summed E-state index contributed by atoms with van der Waals surface area (Å²) < 4.78 is 53.4. The van der Waals surface area contributed by atoms with Gasteiger partial charge < -0.3 is 4.90 Å². The first kappa shape index (κ1) is 16.4. The van der Waals surface area contributed by atoms with Crippen LogP contribution >= 0.6 is 11.3 Å². The minimum absolute atomic E-state index is 0.137. The second-order valence-corrected chi connectivity index (χ2v) is 8.42. The minimum atomic E-state index is -3.46. The minimum Gasteiger partial charge on any atom is -0.371 e. The molecule has 124 valence electrons. The van der Waals surface area contributed by atoms with Gasteiger partial charge in [-0.2, -0.15) is 0 Å². The average Bonchev–Trinajstić information content (AvgIpc) is 3.19. The molecule has 1 N–H and O–H groups in total. The van der Waals surface area contributed by atoms with Gasteiger partial charge in [-0.3, -0.25) is 0 Å². The highest BCUT2D eigenvalue weighted by Crippen LogP contribution is 2.25. The van der Waals surface area contributed by atoms with Crippen molar-refractivity contribution in [1.29, 1.82) is 0 Å². The van der Waals surface area contributed by atoms with Crippen molar-refractivity contribution in [3.05, 3.63) is 47.3 Å². The highest BCUT2D eigenvalue weighted by atomic mass is 32.2. The van der Waals surface area contributed by atoms with Gasteiger partial charge in [-0.25, -0.2) is 21.9 Å². The molecule has 0 radical (unpaired) electrons. The molecule has 1 aromatic carbocycles. The smallest absolute Gasteiger partial charge is 0.250 e. The molecule has 23 heavy (non-hydrogen) atoms. The van der Waals surface area contributed by atoms with Crippen LogP contribution in [0, 0.1) is 17.6 Å². The Bertz CT molecular complexity index is 779. The molecule has 8 heteroatoms. The first-order chi connectivity index (χ1) is 11.0. The van der Waals surface area contributed by atoms with E-state index in [4.69, 9.17) is 0 Å². The van der Waals surface area contributed by atoms with Crippen LogP contribution in [0.15, 0.2) is 39.9 Å². The molecule has 1 atom stereocenters. The number of hydrogen-bond donors (Lipinski definition) is 1. The van der Waals surface area contributed by atoms with Crippen LogP contribution in [-0.2, 0) is 10.0 Å². The van der Waals surface area contributed by atoms with Crippen molar-refractivity contribution >= 4 is 27.0 Å². The Kier molecular flexibility index (Phi) is 4.65. The van der Waals surface area contributed by atoms with E-state index < -0.39 is 21.7 Å². The zero-order valence-corrected chi connectivity index (χ0v) is 13.8. The molecule has 1 fully saturated rings. The van der Waals surface area contributed by atoms with E-state index in [1.54, 1.807) is 17.5 Å². The second-order valence-electron chi connectivity index (χ2n) is 5.48. The third kappa shape index (κ3) is 3.70. The summed E-state index contributed by atoms with van der Waals surface area (Å²) in [4.78, 5) is 1.94. The molecular formula is C15H16F2N2O2S2. The molecule has 1 aromatic heterocycles. The Balaban J connectivity index is 1.59. The van der Waals surface area contributed by atoms with Crippen LogP contribution in [0.25, 0.3) is 0 Å². The zero-order chi connectivity index (χ0) is 16.4. The van der Waals surface area contributed by atoms with Gasteiger partial charge in [0.15, 0.2) is 11.6 Å². The van der Waals surface area contributed by atoms with Crippen LogP contribution in [0.2, 0.25) is 0 Å². The predicted octanol–water partition coefficient (Wildman–Crippen LogP) is 2.83. The molecule has 0 bridgehead atoms. The lowest BCUT2D eigenvalue weighted by molar-refractivity contribution is 0.508. The quantitative estimate of drug-likeness (QED) is 0.894. The van der Waals surface area contributed by atoms with Crippen molar-refractivity contribution in [2.45, 2.75) is 10.6 Å². The standard InChI is InChI=1S/C15H16F2N2O2S2/c16-13-4-3-12(8-14(13)17)19-6-5-11(10-19)9-18-23(20,21)15-2-1-7-22-15/h1-4,7-8,11,18H,5-6,9-10H2. The van der Waals surface area contributed by atoms with Gasteiger partial charge in [-0.1, -0.05) is 6.07 Å². The second kappa shape index (κ2) is 6.54. The molecule has 1 saturated heterocycles. The van der Waals surface area contributed by atoms with Gasteiger partial charge in [0.05, 0.1) is 0 Å². The Hall–Kier alpha value is -1.51. The van der Waals surface area contributed by atoms with E-state index in [-0.39, 0.29) is 5.92 Å². The van der Waals surface area contributed by atoms with Gasteiger partial charge in [0.1, 0.15) is 4.21 Å². The van der Waals surface area contributed by atoms with Crippen molar-refractivity contribution in [1.82, 2.24) is 4.72 Å². The summed E-state index contributed by atoms with van der Waals surface area (Å²) in [5, 5.41) is 1.72. The van der Waals surface area contributed by atoms with E-state index in [0.717, 1.165) is 12.5 Å². The number of sulfonamides is 1. The van der Waals surface area contributed by atoms with Crippen LogP contribution < -0.4 is 9.62 Å². The van der Waals surface area contributed by atoms with Gasteiger partial charge >= 0.3 is 0 Å². The van der Waals surface area contributed by atoms with E-state index in [9.17, 15) is 17.2 Å². The predicted molar refractivity (Wildman–Crippen MR) is 86.2 cm³/mol. The summed E-state index contributed by atoms with van der Waals surface area (Å²) in [6.45, 7) is 1.63. The summed E-state index contributed by atoms with van der Waals surface area (Å²) in [7, 11) is -3.46. The molecule has 0 amide bonds. The molecule has 1 aliphatic rings. The van der Waals surface area contributed by atoms with Crippen molar-refractivity contribution < 1.29 is 17.2 Å². The normalized spacial score (nSPS) is 18.5. The van der Waals surface area contributed by atoms with Crippen molar-refractivity contribution in [3.8, 4) is 0 Å². The topological polar surface area (TPSA) is 49.4 Å². The van der Waals surface area contributed by atoms with Gasteiger partial charge in [-0.15, -0.1) is 11.3 Å². The molecule has 0 saturated carbocycles. The van der Waals surface area contributed by atoms with Crippen molar-refractivity contribution in [3.63, 3.8) is 0 Å². The molecule has 2 heterocycles. The number of halogens is 2. The average molecular weight is 358 g/mol. The van der Waals surface area contributed by atoms with E-state index in [0.29, 0.717) is 29.5 Å². The molecule has 2 aromatic rings. The molecule has 0 spiro atoms. The summed E-state index contributed by atoms with van der Waals surface area (Å²) in [6, 6.07) is 7.08. The maximum atomic E-state index is 13.3. The number of anilines is 1. The van der Waals surface area contributed by atoms with Crippen LogP contribution in [-0.4, -0.2) is 28.1 Å². The Morgan fingerprint density at radius 1 is 1.26 bits per heavy atom. The number of hydrogen-bond acceptors (Lipinski definition) is 4. The van der Waals surface area contributed by atoms with Gasteiger partial charge in [0.2, 0.25) is 10.0 Å². The third-order valence-corrected chi connectivity index (χ3v) is 6.70. The fourth-order valence-corrected chi connectivity index (χ4v) is 4.78. The number of rotatable bonds is 5. The first-order valence-electron chi connectivity index (χ1n) is 7.19. The Labute approximate surface area is 137 Å². The molecule has 3 rings (SSSR count). The van der Waals surface area contributed by atoms with Crippen molar-refractivity contribution in [2.24, 2.45) is 5.92 Å². The van der Waals surface area contributed by atoms with Gasteiger partial charge in [0, 0.05) is 31.4 Å². The SMILES string of the molecule is O=S(=O)(NCC1CCN(c2ccc(F)c(F)c2)C1)c1cccs1. The fourth-order valence-electron chi connectivity index (χ4n) is 2.63. The number of nitrogens with one attached hydrogen (secondary N) is 1. The third-order valence-electron chi connectivity index (χ3n) is 3.88. The van der Waals surface area contributed by atoms with Gasteiger partial charge in [-0.05, 0) is 35.9 Å². The van der Waals surface area contributed by atoms with Crippen LogP contribution in [0.1, 0.15) is 6.42 Å². The molecule has 1 unspecified atom stereocenters. The number of thiophene rings is 1. The highest BCUT2D eigenvalue weighted by molar-refractivity contribution is 7.91. The van der Waals surface area contributed by atoms with Crippen LogP contribution in [0.5, 0.6) is 0 Å². The zero-order valence-electron chi connectivity index (χ0n) is 12.2. The number of benzene rings is 1. The summed E-state index contributed by atoms with van der Waals surface area (Å²) >= 11 is 1.17. The Morgan fingerprint density at radius 2 is 2.09 bits per heavy atom. The molecular weight excluding hydrogens is 342 g/mol. The van der Waals surface area contributed by atoms with E-state index in [2.05, 4.69) is 4.72 Å². The Morgan fingerprint density at radius 3 is 2.78 bits per heavy atom. The maximum absolute atomic E-state index is 13.3. The lowest BCUT2D eigenvalue weighted by Crippen LogP contribution is -2.30.